The summed E-state index contributed by atoms with van der Waals surface area (Å²) in [7, 11) is 0. The molecule has 0 saturated carbocycles. The Kier molecular flexibility index (Phi) is 20.3. The van der Waals surface area contributed by atoms with Crippen molar-refractivity contribution in [3.63, 3.8) is 0 Å². The number of carbonyl (C=O) groups is 6. The molecule has 0 saturated heterocycles. The van der Waals surface area contributed by atoms with E-state index in [4.69, 9.17) is 9.47 Å². The smallest absolute Gasteiger partial charge is 0.319 e. The molecule has 4 N–H and O–H groups in total. The number of para-hydroxylation sites is 2. The molecule has 0 heterocycles. The van der Waals surface area contributed by atoms with E-state index in [2.05, 4.69) is 21.3 Å². The Balaban J connectivity index is 0.000000254. The number of rotatable bonds is 20. The average Bonchev–Trinajstić information content (AvgIpc) is 3.35. The van der Waals surface area contributed by atoms with Crippen LogP contribution in [0.1, 0.15) is 86.7 Å². The molecule has 4 amide bonds. The Labute approximate surface area is 398 Å². The minimum Gasteiger partial charge on any atom is -0.465 e. The minimum atomic E-state index is -1.19. The normalized spacial score (nSPS) is 13.2. The van der Waals surface area contributed by atoms with Gasteiger partial charge in [-0.2, -0.15) is 0 Å². The van der Waals surface area contributed by atoms with Crippen LogP contribution >= 0.6 is 0 Å². The van der Waals surface area contributed by atoms with Crippen molar-refractivity contribution in [2.45, 2.75) is 64.5 Å². The van der Waals surface area contributed by atoms with Crippen molar-refractivity contribution in [1.82, 2.24) is 10.6 Å². The van der Waals surface area contributed by atoms with E-state index in [0.29, 0.717) is 22.5 Å². The summed E-state index contributed by atoms with van der Waals surface area (Å²) >= 11 is 0. The van der Waals surface area contributed by atoms with Gasteiger partial charge in [-0.05, 0) is 74.2 Å². The van der Waals surface area contributed by atoms with Crippen LogP contribution in [-0.2, 0) is 38.2 Å². The first kappa shape index (κ1) is 51.1. The second kappa shape index (κ2) is 26.9. The van der Waals surface area contributed by atoms with E-state index in [9.17, 15) is 28.8 Å². The maximum absolute atomic E-state index is 13.5. The zero-order valence-corrected chi connectivity index (χ0v) is 38.9. The summed E-state index contributed by atoms with van der Waals surface area (Å²) in [5.41, 5.74) is 4.55. The first-order valence-electron chi connectivity index (χ1n) is 22.8. The van der Waals surface area contributed by atoms with Crippen LogP contribution in [0.25, 0.3) is 0 Å². The molecule has 6 aromatic carbocycles. The van der Waals surface area contributed by atoms with E-state index in [0.717, 1.165) is 11.1 Å². The van der Waals surface area contributed by atoms with Gasteiger partial charge in [-0.1, -0.05) is 158 Å². The van der Waals surface area contributed by atoms with Gasteiger partial charge >= 0.3 is 11.9 Å². The molecule has 0 aliphatic heterocycles. The fraction of sp³-hybridized carbons (Fsp3) is 0.250. The first-order valence-corrected chi connectivity index (χ1v) is 22.8. The highest BCUT2D eigenvalue weighted by Crippen LogP contribution is 2.33. The molecular formula is C56H60N4O8. The predicted molar refractivity (Wildman–Crippen MR) is 264 cm³/mol. The molecule has 0 spiro atoms. The maximum atomic E-state index is 13.5. The lowest BCUT2D eigenvalue weighted by Crippen LogP contribution is -2.42. The number of hydrogen-bond acceptors (Lipinski definition) is 8. The SMILES string of the molecule is CCOC(=O)[C@H](C(=O)N[C@H](C)c1ccccc1)[C@H](CC(=O)Nc1ccccc1)c1ccccc1.CCOC(=O)[C@H](C(=O)N[C@H](C)c1ccccc1)[C@H](CC(=O)Nc1ccccc1)c1ccccc1. The highest BCUT2D eigenvalue weighted by atomic mass is 16.5. The monoisotopic (exact) mass is 916 g/mol. The van der Waals surface area contributed by atoms with Gasteiger partial charge in [-0.15, -0.1) is 0 Å². The quantitative estimate of drug-likeness (QED) is 0.0434. The second-order valence-electron chi connectivity index (χ2n) is 16.0. The summed E-state index contributed by atoms with van der Waals surface area (Å²) in [5.74, 6) is -6.61. The lowest BCUT2D eigenvalue weighted by Gasteiger charge is -2.26. The highest BCUT2D eigenvalue weighted by Gasteiger charge is 2.40. The van der Waals surface area contributed by atoms with Crippen LogP contribution in [0.3, 0.4) is 0 Å². The Morgan fingerprint density at radius 1 is 0.397 bits per heavy atom. The van der Waals surface area contributed by atoms with Gasteiger partial charge in [0.1, 0.15) is 11.8 Å². The molecule has 0 aliphatic carbocycles. The van der Waals surface area contributed by atoms with E-state index >= 15 is 0 Å². The molecule has 12 heteroatoms. The lowest BCUT2D eigenvalue weighted by molar-refractivity contribution is -0.155. The third kappa shape index (κ3) is 15.6. The number of hydrogen-bond donors (Lipinski definition) is 4. The summed E-state index contributed by atoms with van der Waals surface area (Å²) in [5, 5.41) is 11.6. The molecule has 0 aliphatic rings. The number of nitrogens with one attached hydrogen (secondary N) is 4. The molecule has 0 radical (unpaired) electrons. The van der Waals surface area contributed by atoms with Crippen LogP contribution in [0.2, 0.25) is 0 Å². The topological polar surface area (TPSA) is 169 Å². The summed E-state index contributed by atoms with van der Waals surface area (Å²) < 4.78 is 10.6. The van der Waals surface area contributed by atoms with E-state index < -0.39 is 47.4 Å². The van der Waals surface area contributed by atoms with Gasteiger partial charge in [-0.25, -0.2) is 0 Å². The summed E-state index contributed by atoms with van der Waals surface area (Å²) in [6.07, 6.45) is -0.120. The van der Waals surface area contributed by atoms with Gasteiger partial charge in [0.15, 0.2) is 0 Å². The van der Waals surface area contributed by atoms with Crippen molar-refractivity contribution in [2.75, 3.05) is 23.8 Å². The van der Waals surface area contributed by atoms with Crippen molar-refractivity contribution in [3.05, 3.63) is 204 Å². The second-order valence-corrected chi connectivity index (χ2v) is 16.0. The standard InChI is InChI=1S/2C28H30N2O4/c2*1-3-34-28(33)26(27(32)29-20(2)21-13-7-4-8-14-21)24(22-15-9-5-10-16-22)19-25(31)30-23-17-11-6-12-18-23/h2*4-18,20,24,26H,3,19H2,1-2H3,(H,29,32)(H,30,31)/t2*20-,24-,26+/m11/s1. The molecule has 6 atom stereocenters. The summed E-state index contributed by atoms with van der Waals surface area (Å²) in [4.78, 5) is 78.9. The zero-order valence-electron chi connectivity index (χ0n) is 38.9. The zero-order chi connectivity index (χ0) is 48.7. The fourth-order valence-corrected chi connectivity index (χ4v) is 7.75. The summed E-state index contributed by atoms with van der Waals surface area (Å²) in [6.45, 7) is 7.37. The van der Waals surface area contributed by atoms with Gasteiger partial charge in [0.2, 0.25) is 23.6 Å². The van der Waals surface area contributed by atoms with Gasteiger partial charge in [-0.3, -0.25) is 28.8 Å². The largest absolute Gasteiger partial charge is 0.465 e. The number of amides is 4. The summed E-state index contributed by atoms with van der Waals surface area (Å²) in [6, 6.07) is 54.8. The van der Waals surface area contributed by atoms with Crippen LogP contribution in [0.15, 0.2) is 182 Å². The maximum Gasteiger partial charge on any atom is 0.319 e. The van der Waals surface area contributed by atoms with Gasteiger partial charge in [0, 0.05) is 36.1 Å². The van der Waals surface area contributed by atoms with E-state index in [1.165, 1.54) is 0 Å². The van der Waals surface area contributed by atoms with Gasteiger partial charge in [0.05, 0.1) is 25.3 Å². The molecule has 0 aromatic heterocycles. The number of carbonyl (C=O) groups excluding carboxylic acids is 6. The fourth-order valence-electron chi connectivity index (χ4n) is 7.75. The highest BCUT2D eigenvalue weighted by molar-refractivity contribution is 6.01. The van der Waals surface area contributed by atoms with Crippen molar-refractivity contribution in [3.8, 4) is 0 Å². The number of ether oxygens (including phenoxy) is 2. The lowest BCUT2D eigenvalue weighted by atomic mass is 9.82. The Morgan fingerprint density at radius 2 is 0.662 bits per heavy atom. The molecule has 0 fully saturated rings. The average molecular weight is 917 g/mol. The Morgan fingerprint density at radius 3 is 0.941 bits per heavy atom. The Bertz CT molecular complexity index is 2320. The number of esters is 2. The van der Waals surface area contributed by atoms with Crippen molar-refractivity contribution in [1.29, 1.82) is 0 Å². The molecule has 0 unspecified atom stereocenters. The van der Waals surface area contributed by atoms with Gasteiger partial charge in [0.25, 0.3) is 0 Å². The molecule has 12 nitrogen and oxygen atoms in total. The molecular weight excluding hydrogens is 857 g/mol. The van der Waals surface area contributed by atoms with Gasteiger partial charge < -0.3 is 30.7 Å². The molecule has 352 valence electrons. The van der Waals surface area contributed by atoms with E-state index in [-0.39, 0.29) is 50.0 Å². The first-order chi connectivity index (χ1) is 33.0. The molecule has 6 rings (SSSR count). The number of anilines is 2. The van der Waals surface area contributed by atoms with Crippen LogP contribution < -0.4 is 21.3 Å². The van der Waals surface area contributed by atoms with Crippen LogP contribution in [0.5, 0.6) is 0 Å². The minimum absolute atomic E-state index is 0.0600. The van der Waals surface area contributed by atoms with Crippen LogP contribution in [0, 0.1) is 11.8 Å². The number of benzene rings is 6. The molecule has 0 bridgehead atoms. The predicted octanol–water partition coefficient (Wildman–Crippen LogP) is 9.71. The third-order valence-electron chi connectivity index (χ3n) is 11.1. The van der Waals surface area contributed by atoms with Crippen molar-refractivity contribution < 1.29 is 38.2 Å². The third-order valence-corrected chi connectivity index (χ3v) is 11.1. The molecule has 68 heavy (non-hydrogen) atoms. The molecule has 6 aromatic rings. The van der Waals surface area contributed by atoms with Crippen LogP contribution in [0.4, 0.5) is 11.4 Å². The van der Waals surface area contributed by atoms with E-state index in [1.807, 2.05) is 172 Å². The van der Waals surface area contributed by atoms with Crippen LogP contribution in [-0.4, -0.2) is 48.8 Å². The van der Waals surface area contributed by atoms with Crippen molar-refractivity contribution in [2.24, 2.45) is 11.8 Å². The van der Waals surface area contributed by atoms with Crippen molar-refractivity contribution >= 4 is 46.9 Å². The van der Waals surface area contributed by atoms with E-state index in [1.54, 1.807) is 38.1 Å². The Hall–Kier alpha value is -7.86.